The summed E-state index contributed by atoms with van der Waals surface area (Å²) in [6.07, 6.45) is 1.56. The normalized spacial score (nSPS) is 16.7. The molecular weight excluding hydrogens is 357 g/mol. The minimum Gasteiger partial charge on any atom is -0.457 e. The van der Waals surface area contributed by atoms with Crippen LogP contribution in [0.5, 0.6) is 0 Å². The van der Waals surface area contributed by atoms with Crippen LogP contribution in [-0.4, -0.2) is 22.6 Å². The van der Waals surface area contributed by atoms with Crippen LogP contribution in [0.25, 0.3) is 17.4 Å². The molecule has 0 atom stereocenters. The van der Waals surface area contributed by atoms with Crippen molar-refractivity contribution >= 4 is 52.2 Å². The lowest BCUT2D eigenvalue weighted by Gasteiger charge is -2.06. The van der Waals surface area contributed by atoms with E-state index in [1.54, 1.807) is 43.3 Å². The Morgan fingerprint density at radius 3 is 2.70 bits per heavy atom. The summed E-state index contributed by atoms with van der Waals surface area (Å²) in [4.78, 5) is 25.3. The molecule has 0 spiro atoms. The Bertz CT molecular complexity index is 828. The second-order valence-corrected chi connectivity index (χ2v) is 6.51. The number of hydrogen-bond donors (Lipinski definition) is 0. The van der Waals surface area contributed by atoms with Crippen LogP contribution < -0.4 is 0 Å². The molecule has 0 radical (unpaired) electrons. The van der Waals surface area contributed by atoms with Crippen molar-refractivity contribution < 1.29 is 14.0 Å². The SMILES string of the molecule is CCN1C(=O)S/C(=C\c2ccc(-c3cccc(Cl)c3Cl)o2)C1=O. The third-order valence-corrected chi connectivity index (χ3v) is 5.03. The average Bonchev–Trinajstić information content (AvgIpc) is 3.08. The molecule has 2 amide bonds. The molecule has 1 fully saturated rings. The number of imide groups is 1. The molecule has 118 valence electrons. The number of carbonyl (C=O) groups is 2. The lowest BCUT2D eigenvalue weighted by atomic mass is 10.2. The van der Waals surface area contributed by atoms with E-state index in [1.165, 1.54) is 4.90 Å². The Labute approximate surface area is 147 Å². The summed E-state index contributed by atoms with van der Waals surface area (Å²) in [6, 6.07) is 8.72. The van der Waals surface area contributed by atoms with Gasteiger partial charge in [0.15, 0.2) is 0 Å². The highest BCUT2D eigenvalue weighted by molar-refractivity contribution is 8.18. The third-order valence-electron chi connectivity index (χ3n) is 3.31. The summed E-state index contributed by atoms with van der Waals surface area (Å²) in [6.45, 7) is 2.11. The molecule has 4 nitrogen and oxygen atoms in total. The Morgan fingerprint density at radius 1 is 1.22 bits per heavy atom. The fourth-order valence-corrected chi connectivity index (χ4v) is 3.45. The minimum absolute atomic E-state index is 0.270. The first-order chi connectivity index (χ1) is 11.0. The van der Waals surface area contributed by atoms with Gasteiger partial charge in [0.1, 0.15) is 11.5 Å². The van der Waals surface area contributed by atoms with E-state index in [1.807, 2.05) is 0 Å². The zero-order chi connectivity index (χ0) is 16.6. The number of amides is 2. The predicted octanol–water partition coefficient (Wildman–Crippen LogP) is 5.31. The second kappa shape index (κ2) is 6.43. The molecule has 0 saturated carbocycles. The van der Waals surface area contributed by atoms with E-state index in [-0.39, 0.29) is 11.1 Å². The third kappa shape index (κ3) is 3.04. The number of halogens is 2. The summed E-state index contributed by atoms with van der Waals surface area (Å²) in [5, 5.41) is 0.570. The number of nitrogens with zero attached hydrogens (tertiary/aromatic N) is 1. The van der Waals surface area contributed by atoms with Gasteiger partial charge in [0, 0.05) is 18.2 Å². The van der Waals surface area contributed by atoms with E-state index in [9.17, 15) is 9.59 Å². The molecule has 0 N–H and O–H groups in total. The Kier molecular flexibility index (Phi) is 4.53. The molecule has 23 heavy (non-hydrogen) atoms. The Hall–Kier alpha value is -1.69. The quantitative estimate of drug-likeness (QED) is 0.689. The van der Waals surface area contributed by atoms with Crippen LogP contribution in [0.2, 0.25) is 10.0 Å². The highest BCUT2D eigenvalue weighted by atomic mass is 35.5. The van der Waals surface area contributed by atoms with E-state index in [0.29, 0.717) is 38.6 Å². The molecule has 0 bridgehead atoms. The lowest BCUT2D eigenvalue weighted by Crippen LogP contribution is -2.27. The van der Waals surface area contributed by atoms with Crippen LogP contribution in [0.3, 0.4) is 0 Å². The molecule has 2 aromatic rings. The molecular formula is C16H11Cl2NO3S. The fourth-order valence-electron chi connectivity index (χ4n) is 2.17. The van der Waals surface area contributed by atoms with E-state index in [0.717, 1.165) is 11.8 Å². The largest absolute Gasteiger partial charge is 0.457 e. The second-order valence-electron chi connectivity index (χ2n) is 4.73. The number of carbonyl (C=O) groups excluding carboxylic acids is 2. The molecule has 1 aliphatic heterocycles. The lowest BCUT2D eigenvalue weighted by molar-refractivity contribution is -0.122. The Balaban J connectivity index is 1.91. The number of likely N-dealkylation sites (N-methyl/N-ethyl adjacent to an activating group) is 1. The van der Waals surface area contributed by atoms with Gasteiger partial charge in [-0.05, 0) is 43.0 Å². The van der Waals surface area contributed by atoms with Crippen molar-refractivity contribution in [2.45, 2.75) is 6.92 Å². The standard InChI is InChI=1S/C16H11Cl2NO3S/c1-2-19-15(20)13(23-16(19)21)8-9-6-7-12(22-9)10-4-3-5-11(17)14(10)18/h3-8H,2H2,1H3/b13-8-. The van der Waals surface area contributed by atoms with Crippen LogP contribution in [0.1, 0.15) is 12.7 Å². The van der Waals surface area contributed by atoms with Gasteiger partial charge in [-0.1, -0.05) is 29.3 Å². The first-order valence-electron chi connectivity index (χ1n) is 6.81. The summed E-state index contributed by atoms with van der Waals surface area (Å²) in [5.41, 5.74) is 0.667. The Morgan fingerprint density at radius 2 is 2.00 bits per heavy atom. The first kappa shape index (κ1) is 16.2. The van der Waals surface area contributed by atoms with E-state index in [4.69, 9.17) is 27.6 Å². The van der Waals surface area contributed by atoms with Crippen LogP contribution in [0.4, 0.5) is 4.79 Å². The topological polar surface area (TPSA) is 50.5 Å². The van der Waals surface area contributed by atoms with Gasteiger partial charge in [0.2, 0.25) is 0 Å². The molecule has 1 aromatic heterocycles. The van der Waals surface area contributed by atoms with Gasteiger partial charge in [0.05, 0.1) is 15.0 Å². The number of benzene rings is 1. The van der Waals surface area contributed by atoms with Crippen molar-refractivity contribution in [1.29, 1.82) is 0 Å². The van der Waals surface area contributed by atoms with Crippen molar-refractivity contribution in [1.82, 2.24) is 4.90 Å². The highest BCUT2D eigenvalue weighted by Crippen LogP contribution is 2.36. The number of thioether (sulfide) groups is 1. The summed E-state index contributed by atoms with van der Waals surface area (Å²) in [5.74, 6) is 0.706. The van der Waals surface area contributed by atoms with E-state index < -0.39 is 0 Å². The van der Waals surface area contributed by atoms with Crippen LogP contribution in [0.15, 0.2) is 39.7 Å². The minimum atomic E-state index is -0.304. The summed E-state index contributed by atoms with van der Waals surface area (Å²) >= 11 is 13.1. The van der Waals surface area contributed by atoms with Crippen LogP contribution in [0, 0.1) is 0 Å². The molecule has 1 saturated heterocycles. The molecule has 0 aliphatic carbocycles. The molecule has 1 aliphatic rings. The zero-order valence-electron chi connectivity index (χ0n) is 12.0. The van der Waals surface area contributed by atoms with Gasteiger partial charge in [-0.15, -0.1) is 0 Å². The van der Waals surface area contributed by atoms with E-state index >= 15 is 0 Å². The van der Waals surface area contributed by atoms with E-state index in [2.05, 4.69) is 0 Å². The maximum absolute atomic E-state index is 12.1. The van der Waals surface area contributed by atoms with Crippen molar-refractivity contribution in [2.75, 3.05) is 6.54 Å². The van der Waals surface area contributed by atoms with Gasteiger partial charge < -0.3 is 4.42 Å². The summed E-state index contributed by atoms with van der Waals surface area (Å²) in [7, 11) is 0. The van der Waals surface area contributed by atoms with Gasteiger partial charge >= 0.3 is 0 Å². The zero-order valence-corrected chi connectivity index (χ0v) is 14.3. The van der Waals surface area contributed by atoms with Crippen molar-refractivity contribution in [2.24, 2.45) is 0 Å². The molecule has 2 heterocycles. The molecule has 1 aromatic carbocycles. The van der Waals surface area contributed by atoms with Crippen LogP contribution in [-0.2, 0) is 4.79 Å². The van der Waals surface area contributed by atoms with Gasteiger partial charge in [-0.3, -0.25) is 14.5 Å². The van der Waals surface area contributed by atoms with Crippen molar-refractivity contribution in [3.05, 3.63) is 51.0 Å². The monoisotopic (exact) mass is 367 g/mol. The first-order valence-corrected chi connectivity index (χ1v) is 8.38. The number of rotatable bonds is 3. The van der Waals surface area contributed by atoms with Gasteiger partial charge in [-0.25, -0.2) is 0 Å². The number of furan rings is 1. The maximum Gasteiger partial charge on any atom is 0.293 e. The summed E-state index contributed by atoms with van der Waals surface area (Å²) < 4.78 is 5.71. The maximum atomic E-state index is 12.1. The smallest absolute Gasteiger partial charge is 0.293 e. The molecule has 7 heteroatoms. The number of hydrogen-bond acceptors (Lipinski definition) is 4. The van der Waals surface area contributed by atoms with Crippen LogP contribution >= 0.6 is 35.0 Å². The highest BCUT2D eigenvalue weighted by Gasteiger charge is 2.33. The van der Waals surface area contributed by atoms with Crippen molar-refractivity contribution in [3.8, 4) is 11.3 Å². The van der Waals surface area contributed by atoms with Crippen molar-refractivity contribution in [3.63, 3.8) is 0 Å². The molecule has 3 rings (SSSR count). The molecule has 0 unspecified atom stereocenters. The van der Waals surface area contributed by atoms with Gasteiger partial charge in [0.25, 0.3) is 11.1 Å². The fraction of sp³-hybridized carbons (Fsp3) is 0.125. The predicted molar refractivity (Wildman–Crippen MR) is 92.5 cm³/mol. The van der Waals surface area contributed by atoms with Gasteiger partial charge in [-0.2, -0.15) is 0 Å². The average molecular weight is 368 g/mol.